The van der Waals surface area contributed by atoms with Gasteiger partial charge in [-0.1, -0.05) is 23.9 Å². The number of ether oxygens (including phenoxy) is 2. The topological polar surface area (TPSA) is 112 Å². The van der Waals surface area contributed by atoms with E-state index in [-0.39, 0.29) is 24.0 Å². The molecule has 5 rings (SSSR count). The first-order chi connectivity index (χ1) is 20.0. The molecule has 2 aromatic rings. The van der Waals surface area contributed by atoms with Crippen molar-refractivity contribution in [2.75, 3.05) is 25.1 Å². The lowest BCUT2D eigenvalue weighted by atomic mass is 9.89. The predicted octanol–water partition coefficient (Wildman–Crippen LogP) is 5.70. The van der Waals surface area contributed by atoms with E-state index in [0.717, 1.165) is 26.7 Å². The number of rotatable bonds is 7. The van der Waals surface area contributed by atoms with E-state index < -0.39 is 11.6 Å². The Morgan fingerprint density at radius 1 is 1.26 bits per heavy atom. The summed E-state index contributed by atoms with van der Waals surface area (Å²) in [5.74, 6) is 0.162. The molecule has 1 amide bonds. The lowest BCUT2D eigenvalue weighted by Gasteiger charge is -2.34. The summed E-state index contributed by atoms with van der Waals surface area (Å²) in [6, 6.07) is 9.79. The molecule has 9 nitrogen and oxygen atoms in total. The number of aromatic hydroxyl groups is 1. The number of fused-ring (bicyclic) bond motifs is 2. The number of carbonyl (C=O) groups is 2. The molecule has 2 N–H and O–H groups in total. The normalized spacial score (nSPS) is 21.9. The van der Waals surface area contributed by atoms with Gasteiger partial charge in [-0.15, -0.1) is 0 Å². The number of hydrogen-bond donors (Lipinski definition) is 2. The molecule has 10 heteroatoms. The SMILES string of the molecule is CC1=NN(C)C(=O)/C1=C/C(O)=C/C=C1\Sc2ccccc2N1CCCOC(=O)C1(C)CCc2c(cc(C)c(O)c2C)O1. The maximum Gasteiger partial charge on any atom is 0.350 e. The minimum atomic E-state index is -1.10. The number of phenols is 1. The zero-order valence-electron chi connectivity index (χ0n) is 24.4. The molecule has 3 aliphatic rings. The fraction of sp³-hybridized carbons (Fsp3) is 0.344. The number of benzene rings is 2. The monoisotopic (exact) mass is 589 g/mol. The molecule has 0 fully saturated rings. The highest BCUT2D eigenvalue weighted by molar-refractivity contribution is 8.03. The average molecular weight is 590 g/mol. The molecule has 0 aromatic heterocycles. The van der Waals surface area contributed by atoms with Gasteiger partial charge in [0.25, 0.3) is 5.91 Å². The fourth-order valence-corrected chi connectivity index (χ4v) is 6.39. The summed E-state index contributed by atoms with van der Waals surface area (Å²) >= 11 is 1.58. The number of nitrogens with zero attached hydrogens (tertiary/aromatic N) is 3. The zero-order chi connectivity index (χ0) is 30.2. The number of aliphatic hydroxyl groups excluding tert-OH is 1. The van der Waals surface area contributed by atoms with Crippen LogP contribution in [0.5, 0.6) is 11.5 Å². The number of phenolic OH excluding ortho intramolecular Hbond substituents is 1. The second-order valence-electron chi connectivity index (χ2n) is 10.9. The van der Waals surface area contributed by atoms with Gasteiger partial charge in [0.2, 0.25) is 5.60 Å². The largest absolute Gasteiger partial charge is 0.508 e. The van der Waals surface area contributed by atoms with Crippen molar-refractivity contribution >= 4 is 35.0 Å². The van der Waals surface area contributed by atoms with Crippen LogP contribution in [0, 0.1) is 13.8 Å². The fourth-order valence-electron chi connectivity index (χ4n) is 5.30. The molecule has 1 atom stereocenters. The molecule has 0 saturated carbocycles. The second-order valence-corrected chi connectivity index (χ2v) is 11.9. The first kappa shape index (κ1) is 29.3. The lowest BCUT2D eigenvalue weighted by Crippen LogP contribution is -2.45. The molecule has 0 spiro atoms. The van der Waals surface area contributed by atoms with E-state index in [1.807, 2.05) is 44.2 Å². The van der Waals surface area contributed by atoms with Gasteiger partial charge in [-0.3, -0.25) is 4.79 Å². The van der Waals surface area contributed by atoms with Crippen LogP contribution in [0.2, 0.25) is 0 Å². The van der Waals surface area contributed by atoms with E-state index in [0.29, 0.717) is 48.4 Å². The summed E-state index contributed by atoms with van der Waals surface area (Å²) in [5.41, 5.74) is 3.27. The third-order valence-corrected chi connectivity index (χ3v) is 8.88. The van der Waals surface area contributed by atoms with Crippen molar-refractivity contribution in [1.29, 1.82) is 0 Å². The number of likely N-dealkylation sites (N-methyl/N-ethyl adjacent to an activating group) is 1. The molecule has 220 valence electrons. The van der Waals surface area contributed by atoms with E-state index in [2.05, 4.69) is 10.0 Å². The van der Waals surface area contributed by atoms with E-state index in [9.17, 15) is 19.8 Å². The molecule has 0 radical (unpaired) electrons. The van der Waals surface area contributed by atoms with Crippen LogP contribution in [-0.2, 0) is 20.7 Å². The van der Waals surface area contributed by atoms with Gasteiger partial charge in [-0.05, 0) is 88.1 Å². The molecule has 3 aliphatic heterocycles. The first-order valence-electron chi connectivity index (χ1n) is 13.9. The summed E-state index contributed by atoms with van der Waals surface area (Å²) in [7, 11) is 1.58. The summed E-state index contributed by atoms with van der Waals surface area (Å²) < 4.78 is 11.8. The van der Waals surface area contributed by atoms with Gasteiger partial charge in [0.05, 0.1) is 28.6 Å². The van der Waals surface area contributed by atoms with Crippen LogP contribution in [0.4, 0.5) is 5.69 Å². The number of esters is 1. The van der Waals surface area contributed by atoms with Crippen LogP contribution in [0.15, 0.2) is 74.9 Å². The maximum absolute atomic E-state index is 13.1. The number of para-hydroxylation sites is 1. The number of hydrogen-bond acceptors (Lipinski definition) is 9. The van der Waals surface area contributed by atoms with Gasteiger partial charge in [-0.25, -0.2) is 9.80 Å². The van der Waals surface area contributed by atoms with Crippen LogP contribution in [0.3, 0.4) is 0 Å². The lowest BCUT2D eigenvalue weighted by molar-refractivity contribution is -0.162. The van der Waals surface area contributed by atoms with Crippen LogP contribution in [0.25, 0.3) is 0 Å². The highest BCUT2D eigenvalue weighted by Crippen LogP contribution is 2.46. The van der Waals surface area contributed by atoms with E-state index >= 15 is 0 Å². The van der Waals surface area contributed by atoms with Crippen LogP contribution < -0.4 is 9.64 Å². The summed E-state index contributed by atoms with van der Waals surface area (Å²) in [4.78, 5) is 28.6. The summed E-state index contributed by atoms with van der Waals surface area (Å²) in [6.45, 7) is 7.96. The molecule has 2 aromatic carbocycles. The zero-order valence-corrected chi connectivity index (χ0v) is 25.2. The van der Waals surface area contributed by atoms with Crippen molar-refractivity contribution in [2.24, 2.45) is 5.10 Å². The highest BCUT2D eigenvalue weighted by Gasteiger charge is 2.41. The molecule has 3 heterocycles. The Kier molecular flexibility index (Phi) is 8.10. The van der Waals surface area contributed by atoms with Crippen LogP contribution in [-0.4, -0.2) is 58.6 Å². The average Bonchev–Trinajstić information content (AvgIpc) is 3.43. The number of carbonyl (C=O) groups excluding carboxylic acids is 2. The number of allylic oxidation sites excluding steroid dienone is 3. The molecule has 1 unspecified atom stereocenters. The Morgan fingerprint density at radius 3 is 2.76 bits per heavy atom. The minimum absolute atomic E-state index is 0.0518. The third kappa shape index (κ3) is 5.63. The minimum Gasteiger partial charge on any atom is -0.508 e. The van der Waals surface area contributed by atoms with Crippen molar-refractivity contribution in [2.45, 2.75) is 57.5 Å². The van der Waals surface area contributed by atoms with Gasteiger partial charge < -0.3 is 24.6 Å². The Labute approximate surface area is 249 Å². The highest BCUT2D eigenvalue weighted by atomic mass is 32.2. The summed E-state index contributed by atoms with van der Waals surface area (Å²) in [6.07, 6.45) is 6.46. The first-order valence-corrected chi connectivity index (χ1v) is 14.7. The van der Waals surface area contributed by atoms with E-state index in [4.69, 9.17) is 9.47 Å². The number of amides is 1. The second kappa shape index (κ2) is 11.6. The van der Waals surface area contributed by atoms with Crippen molar-refractivity contribution in [3.63, 3.8) is 0 Å². The number of thioether (sulfide) groups is 1. The molecular formula is C32H35N3O6S. The summed E-state index contributed by atoms with van der Waals surface area (Å²) in [5, 5.41) is 27.1. The molecule has 0 saturated heterocycles. The third-order valence-electron chi connectivity index (χ3n) is 7.74. The Bertz CT molecular complexity index is 1580. The smallest absolute Gasteiger partial charge is 0.350 e. The van der Waals surface area contributed by atoms with E-state index in [1.54, 1.807) is 44.8 Å². The van der Waals surface area contributed by atoms with Gasteiger partial charge in [0, 0.05) is 30.5 Å². The Morgan fingerprint density at radius 2 is 2.02 bits per heavy atom. The van der Waals surface area contributed by atoms with Crippen LogP contribution in [0.1, 0.15) is 43.4 Å². The van der Waals surface area contributed by atoms with Gasteiger partial charge >= 0.3 is 5.97 Å². The number of aliphatic hydroxyl groups is 1. The quantitative estimate of drug-likeness (QED) is 0.183. The van der Waals surface area contributed by atoms with Crippen molar-refractivity contribution in [3.05, 3.63) is 81.6 Å². The maximum atomic E-state index is 13.1. The number of hydrazone groups is 1. The predicted molar refractivity (Wildman–Crippen MR) is 163 cm³/mol. The van der Waals surface area contributed by atoms with Crippen molar-refractivity contribution in [1.82, 2.24) is 5.01 Å². The van der Waals surface area contributed by atoms with Gasteiger partial charge in [0.1, 0.15) is 17.3 Å². The molecule has 0 aliphatic carbocycles. The van der Waals surface area contributed by atoms with Gasteiger partial charge in [-0.2, -0.15) is 5.10 Å². The number of anilines is 1. The standard InChI is InChI=1S/C32H35N3O6S/c1-19-17-26-23(20(2)29(19)37)13-14-32(4,41-26)31(39)40-16-8-15-35-25-9-6-7-10-27(25)42-28(35)12-11-22(36)18-24-21(3)33-34(5)30(24)38/h6-7,9-12,17-18,36-37H,8,13-16H2,1-5H3/b22-11-,24-18+,28-12-. The number of aryl methyl sites for hydroxylation is 1. The van der Waals surface area contributed by atoms with Crippen LogP contribution >= 0.6 is 11.8 Å². The Balaban J connectivity index is 1.23. The van der Waals surface area contributed by atoms with Crippen molar-refractivity contribution < 1.29 is 29.3 Å². The van der Waals surface area contributed by atoms with Crippen molar-refractivity contribution in [3.8, 4) is 11.5 Å². The molecule has 0 bridgehead atoms. The van der Waals surface area contributed by atoms with Gasteiger partial charge in [0.15, 0.2) is 0 Å². The molecular weight excluding hydrogens is 554 g/mol. The Hall–Kier alpha value is -4.18. The van der Waals surface area contributed by atoms with E-state index in [1.165, 1.54) is 11.1 Å². The molecule has 42 heavy (non-hydrogen) atoms.